The smallest absolute Gasteiger partial charge is 0.266 e. The lowest BCUT2D eigenvalue weighted by Crippen LogP contribution is -2.23. The summed E-state index contributed by atoms with van der Waals surface area (Å²) in [7, 11) is 0. The first kappa shape index (κ1) is 21.5. The zero-order chi connectivity index (χ0) is 21.8. The summed E-state index contributed by atoms with van der Waals surface area (Å²) in [5, 5.41) is 4.21. The first-order chi connectivity index (χ1) is 15.1. The molecule has 4 rings (SSSR count). The van der Waals surface area contributed by atoms with Gasteiger partial charge in [-0.3, -0.25) is 14.2 Å². The Hall–Kier alpha value is -2.74. The third kappa shape index (κ3) is 4.79. The van der Waals surface area contributed by atoms with Crippen molar-refractivity contribution in [1.82, 2.24) is 9.55 Å². The van der Waals surface area contributed by atoms with Crippen molar-refractivity contribution in [2.45, 2.75) is 10.1 Å². The van der Waals surface area contributed by atoms with Crippen LogP contribution in [0.5, 0.6) is 0 Å². The Morgan fingerprint density at radius 2 is 1.74 bits per heavy atom. The number of hydrogen-bond acceptors (Lipinski definition) is 5. The molecule has 0 fully saturated rings. The lowest BCUT2D eigenvalue weighted by atomic mass is 10.2. The number of thioether (sulfide) groups is 2. The zero-order valence-electron chi connectivity index (χ0n) is 16.5. The molecule has 8 heteroatoms. The predicted molar refractivity (Wildman–Crippen MR) is 130 cm³/mol. The van der Waals surface area contributed by atoms with Crippen LogP contribution in [0.25, 0.3) is 16.6 Å². The highest BCUT2D eigenvalue weighted by atomic mass is 35.5. The van der Waals surface area contributed by atoms with Gasteiger partial charge in [-0.15, -0.1) is 11.8 Å². The van der Waals surface area contributed by atoms with Gasteiger partial charge in [-0.25, -0.2) is 4.98 Å². The maximum Gasteiger partial charge on any atom is 0.266 e. The molecule has 0 saturated carbocycles. The number of carbonyl (C=O) groups is 1. The molecule has 0 bridgehead atoms. The van der Waals surface area contributed by atoms with E-state index in [1.165, 1.54) is 16.3 Å². The van der Waals surface area contributed by atoms with E-state index in [0.29, 0.717) is 26.8 Å². The number of fused-ring (bicyclic) bond motifs is 1. The number of carbonyl (C=O) groups excluding carboxylic acids is 1. The van der Waals surface area contributed by atoms with Crippen molar-refractivity contribution in [2.75, 3.05) is 17.3 Å². The highest BCUT2D eigenvalue weighted by molar-refractivity contribution is 7.99. The average Bonchev–Trinajstić information content (AvgIpc) is 2.79. The van der Waals surface area contributed by atoms with Crippen LogP contribution in [0.2, 0.25) is 5.02 Å². The Kier molecular flexibility index (Phi) is 6.65. The third-order valence-corrected chi connectivity index (χ3v) is 6.55. The lowest BCUT2D eigenvalue weighted by molar-refractivity contribution is -0.113. The number of nitrogens with zero attached hydrogens (tertiary/aromatic N) is 2. The summed E-state index contributed by atoms with van der Waals surface area (Å²) < 4.78 is 1.47. The van der Waals surface area contributed by atoms with Crippen LogP contribution in [0.15, 0.2) is 87.6 Å². The number of aromatic nitrogens is 2. The Balaban J connectivity index is 1.64. The summed E-state index contributed by atoms with van der Waals surface area (Å²) in [6.07, 6.45) is 2.00. The van der Waals surface area contributed by atoms with Crippen LogP contribution in [-0.4, -0.2) is 27.5 Å². The normalized spacial score (nSPS) is 10.9. The van der Waals surface area contributed by atoms with Crippen LogP contribution >= 0.6 is 35.1 Å². The van der Waals surface area contributed by atoms with Crippen LogP contribution in [0.3, 0.4) is 0 Å². The molecular formula is C23H18ClN3O2S2. The molecule has 0 atom stereocenters. The van der Waals surface area contributed by atoms with E-state index in [0.717, 1.165) is 10.6 Å². The topological polar surface area (TPSA) is 64.0 Å². The second-order valence-electron chi connectivity index (χ2n) is 6.57. The summed E-state index contributed by atoms with van der Waals surface area (Å²) in [5.74, 6) is -0.0884. The largest absolute Gasteiger partial charge is 0.325 e. The monoisotopic (exact) mass is 467 g/mol. The minimum absolute atomic E-state index is 0.0967. The van der Waals surface area contributed by atoms with Crippen molar-refractivity contribution in [3.05, 3.63) is 88.2 Å². The van der Waals surface area contributed by atoms with Crippen LogP contribution < -0.4 is 10.9 Å². The molecule has 0 saturated heterocycles. The predicted octanol–water partition coefficient (Wildman–Crippen LogP) is 5.49. The van der Waals surface area contributed by atoms with E-state index in [-0.39, 0.29) is 17.2 Å². The Morgan fingerprint density at radius 1 is 1.03 bits per heavy atom. The molecule has 156 valence electrons. The maximum atomic E-state index is 13.2. The SMILES string of the molecule is CSc1ccc(NC(=O)CSc2nc3ccccc3c(=O)n2-c2ccccc2Cl)cc1. The summed E-state index contributed by atoms with van der Waals surface area (Å²) in [5.41, 5.74) is 1.60. The fourth-order valence-electron chi connectivity index (χ4n) is 3.06. The average molecular weight is 468 g/mol. The van der Waals surface area contributed by atoms with Crippen LogP contribution in [-0.2, 0) is 4.79 Å². The molecule has 0 spiro atoms. The highest BCUT2D eigenvalue weighted by Gasteiger charge is 2.16. The van der Waals surface area contributed by atoms with Crippen LogP contribution in [0.1, 0.15) is 0 Å². The molecule has 0 aliphatic rings. The maximum absolute atomic E-state index is 13.2. The van der Waals surface area contributed by atoms with E-state index in [1.54, 1.807) is 48.2 Å². The molecule has 1 amide bonds. The minimum atomic E-state index is -0.228. The summed E-state index contributed by atoms with van der Waals surface area (Å²) in [4.78, 5) is 31.5. The molecule has 0 radical (unpaired) electrons. The number of anilines is 1. The van der Waals surface area contributed by atoms with E-state index in [1.807, 2.05) is 42.7 Å². The van der Waals surface area contributed by atoms with Crippen molar-refractivity contribution in [3.63, 3.8) is 0 Å². The fourth-order valence-corrected chi connectivity index (χ4v) is 4.49. The van der Waals surface area contributed by atoms with Gasteiger partial charge in [0.2, 0.25) is 5.91 Å². The standard InChI is InChI=1S/C23H18ClN3O2S2/c1-30-16-12-10-15(11-13-16)25-21(28)14-31-23-26-19-8-4-2-6-17(19)22(29)27(23)20-9-5-3-7-18(20)24/h2-13H,14H2,1H3,(H,25,28). The number of hydrogen-bond donors (Lipinski definition) is 1. The van der Waals surface area contributed by atoms with Crippen LogP contribution in [0, 0.1) is 0 Å². The van der Waals surface area contributed by atoms with E-state index < -0.39 is 0 Å². The molecular weight excluding hydrogens is 450 g/mol. The van der Waals surface area contributed by atoms with Crippen molar-refractivity contribution in [2.24, 2.45) is 0 Å². The molecule has 0 aliphatic heterocycles. The third-order valence-electron chi connectivity index (χ3n) is 4.54. The quantitative estimate of drug-likeness (QED) is 0.300. The fraction of sp³-hybridized carbons (Fsp3) is 0.0870. The molecule has 1 N–H and O–H groups in total. The first-order valence-electron chi connectivity index (χ1n) is 9.40. The van der Waals surface area contributed by atoms with Crippen LogP contribution in [0.4, 0.5) is 5.69 Å². The van der Waals surface area contributed by atoms with Crippen molar-refractivity contribution < 1.29 is 4.79 Å². The first-order valence-corrected chi connectivity index (χ1v) is 12.0. The van der Waals surface area contributed by atoms with Gasteiger partial charge in [0.1, 0.15) is 0 Å². The van der Waals surface area contributed by atoms with Gasteiger partial charge in [-0.1, -0.05) is 47.6 Å². The van der Waals surface area contributed by atoms with Gasteiger partial charge < -0.3 is 5.32 Å². The number of nitrogens with one attached hydrogen (secondary N) is 1. The minimum Gasteiger partial charge on any atom is -0.325 e. The molecule has 1 aromatic heterocycles. The Labute approximate surface area is 192 Å². The number of halogens is 1. The Bertz CT molecular complexity index is 1310. The molecule has 3 aromatic carbocycles. The molecule has 31 heavy (non-hydrogen) atoms. The van der Waals surface area contributed by atoms with Crippen molar-refractivity contribution >= 4 is 57.6 Å². The molecule has 5 nitrogen and oxygen atoms in total. The van der Waals surface area contributed by atoms with E-state index in [2.05, 4.69) is 10.3 Å². The van der Waals surface area contributed by atoms with Gasteiger partial charge >= 0.3 is 0 Å². The number of para-hydroxylation sites is 2. The van der Waals surface area contributed by atoms with Gasteiger partial charge in [0.15, 0.2) is 5.16 Å². The second-order valence-corrected chi connectivity index (χ2v) is 8.80. The zero-order valence-corrected chi connectivity index (χ0v) is 18.9. The van der Waals surface area contributed by atoms with Gasteiger partial charge in [0.25, 0.3) is 5.56 Å². The van der Waals surface area contributed by atoms with Gasteiger partial charge in [-0.2, -0.15) is 0 Å². The highest BCUT2D eigenvalue weighted by Crippen LogP contribution is 2.26. The number of benzene rings is 3. The number of amides is 1. The van der Waals surface area contributed by atoms with E-state index >= 15 is 0 Å². The Morgan fingerprint density at radius 3 is 2.48 bits per heavy atom. The van der Waals surface area contributed by atoms with E-state index in [4.69, 9.17) is 11.6 Å². The summed E-state index contributed by atoms with van der Waals surface area (Å²) in [6.45, 7) is 0. The number of rotatable bonds is 6. The molecule has 4 aromatic rings. The molecule has 0 aliphatic carbocycles. The lowest BCUT2D eigenvalue weighted by Gasteiger charge is -2.14. The molecule has 1 heterocycles. The van der Waals surface area contributed by atoms with E-state index in [9.17, 15) is 9.59 Å². The van der Waals surface area contributed by atoms with Crippen molar-refractivity contribution in [1.29, 1.82) is 0 Å². The second kappa shape index (κ2) is 9.60. The van der Waals surface area contributed by atoms with Gasteiger partial charge in [0, 0.05) is 10.6 Å². The van der Waals surface area contributed by atoms with Gasteiger partial charge in [0.05, 0.1) is 27.4 Å². The van der Waals surface area contributed by atoms with Gasteiger partial charge in [-0.05, 0) is 54.8 Å². The van der Waals surface area contributed by atoms with Crippen molar-refractivity contribution in [3.8, 4) is 5.69 Å². The summed E-state index contributed by atoms with van der Waals surface area (Å²) >= 11 is 9.20. The molecule has 0 unspecified atom stereocenters. The summed E-state index contributed by atoms with van der Waals surface area (Å²) in [6, 6.07) is 21.9.